The van der Waals surface area contributed by atoms with Crippen molar-refractivity contribution in [2.45, 2.75) is 13.3 Å². The highest BCUT2D eigenvalue weighted by molar-refractivity contribution is 6.31. The molecule has 0 spiro atoms. The van der Waals surface area contributed by atoms with Gasteiger partial charge in [-0.1, -0.05) is 30.7 Å². The molecule has 0 amide bonds. The lowest BCUT2D eigenvalue weighted by Crippen LogP contribution is -2.24. The first-order valence-corrected chi connectivity index (χ1v) is 5.35. The number of hydrogen-bond acceptors (Lipinski definition) is 3. The van der Waals surface area contributed by atoms with Crippen LogP contribution in [0.25, 0.3) is 0 Å². The smallest absolute Gasteiger partial charge is 0.316 e. The van der Waals surface area contributed by atoms with Gasteiger partial charge in [0.05, 0.1) is 7.11 Å². The average Bonchev–Trinajstić information content (AvgIpc) is 2.29. The maximum absolute atomic E-state index is 12.0. The summed E-state index contributed by atoms with van der Waals surface area (Å²) in [6.07, 6.45) is 0.415. The van der Waals surface area contributed by atoms with Crippen LogP contribution in [0.2, 0.25) is 5.02 Å². The molecular weight excluding hydrogens is 228 g/mol. The number of ether oxygens (including phenoxy) is 1. The van der Waals surface area contributed by atoms with Crippen LogP contribution in [0.15, 0.2) is 24.3 Å². The van der Waals surface area contributed by atoms with Crippen molar-refractivity contribution >= 4 is 23.4 Å². The summed E-state index contributed by atoms with van der Waals surface area (Å²) in [6, 6.07) is 6.55. The summed E-state index contributed by atoms with van der Waals surface area (Å²) in [5.41, 5.74) is 0.435. The number of ketones is 1. The third-order valence-corrected chi connectivity index (χ3v) is 2.55. The van der Waals surface area contributed by atoms with Gasteiger partial charge in [-0.3, -0.25) is 9.59 Å². The van der Waals surface area contributed by atoms with Crippen molar-refractivity contribution in [3.05, 3.63) is 34.9 Å². The van der Waals surface area contributed by atoms with E-state index in [9.17, 15) is 9.59 Å². The van der Waals surface area contributed by atoms with Crippen LogP contribution < -0.4 is 0 Å². The Kier molecular flexibility index (Phi) is 4.50. The fourth-order valence-electron chi connectivity index (χ4n) is 1.44. The molecule has 3 nitrogen and oxygen atoms in total. The van der Waals surface area contributed by atoms with Gasteiger partial charge in [0.2, 0.25) is 0 Å². The first kappa shape index (κ1) is 12.7. The molecule has 0 aliphatic carbocycles. The fourth-order valence-corrected chi connectivity index (χ4v) is 1.63. The van der Waals surface area contributed by atoms with Gasteiger partial charge in [0.15, 0.2) is 5.78 Å². The SMILES string of the molecule is CCC(C(=O)OC)C(=O)c1cccc(Cl)c1. The zero-order chi connectivity index (χ0) is 12.1. The third-order valence-electron chi connectivity index (χ3n) is 2.32. The Balaban J connectivity index is 2.95. The number of esters is 1. The second kappa shape index (κ2) is 5.66. The maximum Gasteiger partial charge on any atom is 0.316 e. The van der Waals surface area contributed by atoms with Gasteiger partial charge in [0.25, 0.3) is 0 Å². The molecule has 4 heteroatoms. The van der Waals surface area contributed by atoms with Crippen LogP contribution in [0.5, 0.6) is 0 Å². The van der Waals surface area contributed by atoms with E-state index in [4.69, 9.17) is 11.6 Å². The average molecular weight is 241 g/mol. The third kappa shape index (κ3) is 2.83. The van der Waals surface area contributed by atoms with E-state index in [0.29, 0.717) is 17.0 Å². The van der Waals surface area contributed by atoms with Crippen LogP contribution in [0.1, 0.15) is 23.7 Å². The highest BCUT2D eigenvalue weighted by Crippen LogP contribution is 2.17. The van der Waals surface area contributed by atoms with E-state index in [1.807, 2.05) is 0 Å². The van der Waals surface area contributed by atoms with Gasteiger partial charge in [-0.05, 0) is 18.6 Å². The molecule has 0 radical (unpaired) electrons. The van der Waals surface area contributed by atoms with E-state index in [-0.39, 0.29) is 5.78 Å². The lowest BCUT2D eigenvalue weighted by molar-refractivity contribution is -0.143. The molecule has 0 bridgehead atoms. The van der Waals surface area contributed by atoms with Crippen LogP contribution in [-0.4, -0.2) is 18.9 Å². The predicted octanol–water partition coefficient (Wildman–Crippen LogP) is 2.72. The second-order valence-corrected chi connectivity index (χ2v) is 3.80. The first-order valence-electron chi connectivity index (χ1n) is 4.97. The molecule has 0 aliphatic rings. The number of Topliss-reactive ketones (excluding diaryl/α,β-unsaturated/α-hetero) is 1. The minimum atomic E-state index is -0.747. The van der Waals surface area contributed by atoms with Crippen molar-refractivity contribution in [3.63, 3.8) is 0 Å². The zero-order valence-corrected chi connectivity index (χ0v) is 9.95. The predicted molar refractivity (Wildman–Crippen MR) is 61.6 cm³/mol. The van der Waals surface area contributed by atoms with Crippen LogP contribution in [0.4, 0.5) is 0 Å². The largest absolute Gasteiger partial charge is 0.468 e. The van der Waals surface area contributed by atoms with E-state index in [0.717, 1.165) is 0 Å². The molecule has 0 saturated heterocycles. The van der Waals surface area contributed by atoms with Crippen LogP contribution in [0, 0.1) is 5.92 Å². The minimum absolute atomic E-state index is 0.253. The summed E-state index contributed by atoms with van der Waals surface area (Å²) in [5, 5.41) is 0.477. The van der Waals surface area contributed by atoms with Gasteiger partial charge in [-0.25, -0.2) is 0 Å². The van der Waals surface area contributed by atoms with Gasteiger partial charge in [0.1, 0.15) is 5.92 Å². The summed E-state index contributed by atoms with van der Waals surface area (Å²) < 4.78 is 4.58. The Bertz CT molecular complexity index is 401. The van der Waals surface area contributed by atoms with Crippen molar-refractivity contribution in [1.29, 1.82) is 0 Å². The number of carbonyl (C=O) groups excluding carboxylic acids is 2. The molecule has 1 atom stereocenters. The quantitative estimate of drug-likeness (QED) is 0.462. The van der Waals surface area contributed by atoms with E-state index in [2.05, 4.69) is 4.74 Å². The molecule has 16 heavy (non-hydrogen) atoms. The second-order valence-electron chi connectivity index (χ2n) is 3.36. The Morgan fingerprint density at radius 1 is 1.44 bits per heavy atom. The van der Waals surface area contributed by atoms with E-state index in [1.54, 1.807) is 31.2 Å². The summed E-state index contributed by atoms with van der Waals surface area (Å²) >= 11 is 5.78. The first-order chi connectivity index (χ1) is 7.60. The van der Waals surface area contributed by atoms with Crippen LogP contribution >= 0.6 is 11.6 Å². The number of hydrogen-bond donors (Lipinski definition) is 0. The van der Waals surface area contributed by atoms with Gasteiger partial charge < -0.3 is 4.74 Å². The van der Waals surface area contributed by atoms with E-state index >= 15 is 0 Å². The lowest BCUT2D eigenvalue weighted by Gasteiger charge is -2.11. The molecule has 0 aromatic heterocycles. The van der Waals surface area contributed by atoms with Crippen molar-refractivity contribution in [2.75, 3.05) is 7.11 Å². The Morgan fingerprint density at radius 2 is 2.12 bits per heavy atom. The Labute approximate surface area is 99.4 Å². The van der Waals surface area contributed by atoms with Crippen molar-refractivity contribution in [3.8, 4) is 0 Å². The molecule has 1 aromatic rings. The molecule has 0 fully saturated rings. The Morgan fingerprint density at radius 3 is 2.62 bits per heavy atom. The van der Waals surface area contributed by atoms with Gasteiger partial charge >= 0.3 is 5.97 Å². The lowest BCUT2D eigenvalue weighted by atomic mass is 9.95. The monoisotopic (exact) mass is 240 g/mol. The maximum atomic E-state index is 12.0. The standard InChI is InChI=1S/C12H13ClO3/c1-3-10(12(15)16-2)11(14)8-5-4-6-9(13)7-8/h4-7,10H,3H2,1-2H3. The van der Waals surface area contributed by atoms with Crippen molar-refractivity contribution in [1.82, 2.24) is 0 Å². The zero-order valence-electron chi connectivity index (χ0n) is 9.20. The molecule has 0 heterocycles. The number of carbonyl (C=O) groups is 2. The topological polar surface area (TPSA) is 43.4 Å². The number of halogens is 1. The van der Waals surface area contributed by atoms with Gasteiger partial charge in [-0.15, -0.1) is 0 Å². The molecule has 86 valence electrons. The van der Waals surface area contributed by atoms with Gasteiger partial charge in [0, 0.05) is 10.6 Å². The molecule has 1 unspecified atom stereocenters. The molecule has 0 N–H and O–H groups in total. The van der Waals surface area contributed by atoms with Crippen molar-refractivity contribution in [2.24, 2.45) is 5.92 Å². The fraction of sp³-hybridized carbons (Fsp3) is 0.333. The molecule has 1 aromatic carbocycles. The number of benzene rings is 1. The molecule has 1 rings (SSSR count). The van der Waals surface area contributed by atoms with Crippen LogP contribution in [-0.2, 0) is 9.53 Å². The van der Waals surface area contributed by atoms with Crippen molar-refractivity contribution < 1.29 is 14.3 Å². The summed E-state index contributed by atoms with van der Waals surface area (Å²) in [4.78, 5) is 23.3. The number of rotatable bonds is 4. The van der Waals surface area contributed by atoms with E-state index in [1.165, 1.54) is 7.11 Å². The highest BCUT2D eigenvalue weighted by Gasteiger charge is 2.26. The summed E-state index contributed by atoms with van der Waals surface area (Å²) in [5.74, 6) is -1.51. The normalized spacial score (nSPS) is 11.9. The highest BCUT2D eigenvalue weighted by atomic mass is 35.5. The van der Waals surface area contributed by atoms with E-state index < -0.39 is 11.9 Å². The summed E-state index contributed by atoms with van der Waals surface area (Å²) in [7, 11) is 1.27. The van der Waals surface area contributed by atoms with Gasteiger partial charge in [-0.2, -0.15) is 0 Å². The Hall–Kier alpha value is -1.35. The molecule has 0 aliphatic heterocycles. The minimum Gasteiger partial charge on any atom is -0.468 e. The number of methoxy groups -OCH3 is 1. The molecule has 0 saturated carbocycles. The molecular formula is C12H13ClO3. The van der Waals surface area contributed by atoms with Crippen LogP contribution in [0.3, 0.4) is 0 Å². The summed E-state index contributed by atoms with van der Waals surface area (Å²) in [6.45, 7) is 1.77.